The van der Waals surface area contributed by atoms with Crippen LogP contribution < -0.4 is 5.32 Å². The molecule has 2 rings (SSSR count). The molecule has 0 unspecified atom stereocenters. The predicted molar refractivity (Wildman–Crippen MR) is 83.6 cm³/mol. The SMILES string of the molecule is CNCCC1CCN(S(=O)(=O)c2ccc(F)cc2F)CC1.Cl. The van der Waals surface area contributed by atoms with E-state index in [4.69, 9.17) is 0 Å². The molecule has 0 spiro atoms. The molecular formula is C14H21ClF2N2O2S. The van der Waals surface area contributed by atoms with E-state index in [0.717, 1.165) is 37.9 Å². The molecule has 0 atom stereocenters. The lowest BCUT2D eigenvalue weighted by Crippen LogP contribution is -2.39. The Kier molecular flexibility index (Phi) is 7.18. The van der Waals surface area contributed by atoms with Gasteiger partial charge in [0.15, 0.2) is 0 Å². The summed E-state index contributed by atoms with van der Waals surface area (Å²) in [5, 5.41) is 3.08. The van der Waals surface area contributed by atoms with Crippen molar-refractivity contribution in [2.24, 2.45) is 5.92 Å². The van der Waals surface area contributed by atoms with E-state index in [1.807, 2.05) is 7.05 Å². The van der Waals surface area contributed by atoms with Gasteiger partial charge in [0.25, 0.3) is 0 Å². The van der Waals surface area contributed by atoms with Gasteiger partial charge in [-0.25, -0.2) is 17.2 Å². The molecule has 1 heterocycles. The summed E-state index contributed by atoms with van der Waals surface area (Å²) in [4.78, 5) is -0.447. The smallest absolute Gasteiger partial charge is 0.245 e. The Morgan fingerprint density at radius 2 is 1.91 bits per heavy atom. The van der Waals surface area contributed by atoms with Gasteiger partial charge in [-0.3, -0.25) is 0 Å². The third-order valence-corrected chi connectivity index (χ3v) is 5.82. The normalized spacial score (nSPS) is 17.2. The molecule has 1 fully saturated rings. The zero-order valence-electron chi connectivity index (χ0n) is 12.4. The first-order valence-corrected chi connectivity index (χ1v) is 8.49. The molecule has 1 saturated heterocycles. The van der Waals surface area contributed by atoms with Crippen LogP contribution in [0.3, 0.4) is 0 Å². The summed E-state index contributed by atoms with van der Waals surface area (Å²) < 4.78 is 52.7. The number of nitrogens with one attached hydrogen (secondary N) is 1. The number of rotatable bonds is 5. The van der Waals surface area contributed by atoms with Crippen molar-refractivity contribution in [2.75, 3.05) is 26.7 Å². The predicted octanol–water partition coefficient (Wildman–Crippen LogP) is 2.40. The summed E-state index contributed by atoms with van der Waals surface area (Å²) >= 11 is 0. The van der Waals surface area contributed by atoms with Gasteiger partial charge >= 0.3 is 0 Å². The Hall–Kier alpha value is -0.760. The minimum absolute atomic E-state index is 0. The Balaban J connectivity index is 0.00000242. The second-order valence-corrected chi connectivity index (χ2v) is 7.22. The highest BCUT2D eigenvalue weighted by Crippen LogP contribution is 2.26. The first-order valence-electron chi connectivity index (χ1n) is 7.05. The van der Waals surface area contributed by atoms with Crippen molar-refractivity contribution in [2.45, 2.75) is 24.2 Å². The Morgan fingerprint density at radius 3 is 2.45 bits per heavy atom. The summed E-state index contributed by atoms with van der Waals surface area (Å²) in [6.45, 7) is 1.67. The first-order chi connectivity index (χ1) is 9.95. The second kappa shape index (κ2) is 8.19. The number of hydrogen-bond acceptors (Lipinski definition) is 3. The number of hydrogen-bond donors (Lipinski definition) is 1. The highest BCUT2D eigenvalue weighted by Gasteiger charge is 2.31. The summed E-state index contributed by atoms with van der Waals surface area (Å²) in [6, 6.07) is 2.56. The molecule has 1 aromatic carbocycles. The largest absolute Gasteiger partial charge is 0.320 e. The third kappa shape index (κ3) is 4.38. The maximum absolute atomic E-state index is 13.7. The van der Waals surface area contributed by atoms with Crippen LogP contribution in [0.5, 0.6) is 0 Å². The molecule has 126 valence electrons. The molecule has 0 saturated carbocycles. The molecule has 22 heavy (non-hydrogen) atoms. The maximum Gasteiger partial charge on any atom is 0.245 e. The fraction of sp³-hybridized carbons (Fsp3) is 0.571. The Labute approximate surface area is 136 Å². The first kappa shape index (κ1) is 19.3. The zero-order valence-corrected chi connectivity index (χ0v) is 14.0. The Bertz CT molecular complexity index is 591. The van der Waals surface area contributed by atoms with E-state index in [-0.39, 0.29) is 12.4 Å². The molecule has 4 nitrogen and oxygen atoms in total. The number of benzene rings is 1. The molecule has 0 radical (unpaired) electrons. The lowest BCUT2D eigenvalue weighted by molar-refractivity contribution is 0.262. The lowest BCUT2D eigenvalue weighted by Gasteiger charge is -2.31. The second-order valence-electron chi connectivity index (χ2n) is 5.31. The lowest BCUT2D eigenvalue weighted by atomic mass is 9.95. The molecule has 1 aliphatic rings. The molecule has 1 aliphatic heterocycles. The molecule has 0 aliphatic carbocycles. The van der Waals surface area contributed by atoms with E-state index >= 15 is 0 Å². The molecule has 0 bridgehead atoms. The fourth-order valence-electron chi connectivity index (χ4n) is 2.61. The summed E-state index contributed by atoms with van der Waals surface area (Å²) in [7, 11) is -1.99. The van der Waals surface area contributed by atoms with Crippen LogP contribution in [-0.4, -0.2) is 39.4 Å². The molecule has 0 aromatic heterocycles. The van der Waals surface area contributed by atoms with E-state index in [0.29, 0.717) is 25.1 Å². The van der Waals surface area contributed by atoms with Gasteiger partial charge < -0.3 is 5.32 Å². The average Bonchev–Trinajstić information content (AvgIpc) is 2.45. The van der Waals surface area contributed by atoms with E-state index < -0.39 is 26.6 Å². The van der Waals surface area contributed by atoms with Crippen molar-refractivity contribution in [1.29, 1.82) is 0 Å². The van der Waals surface area contributed by atoms with Gasteiger partial charge in [-0.05, 0) is 50.9 Å². The number of nitrogens with zero attached hydrogens (tertiary/aromatic N) is 1. The van der Waals surface area contributed by atoms with Crippen molar-refractivity contribution < 1.29 is 17.2 Å². The van der Waals surface area contributed by atoms with Crippen LogP contribution in [-0.2, 0) is 10.0 Å². The monoisotopic (exact) mass is 354 g/mol. The summed E-state index contributed by atoms with van der Waals surface area (Å²) in [5.41, 5.74) is 0. The standard InChI is InChI=1S/C14H20F2N2O2S.ClH/c1-17-7-4-11-5-8-18(9-6-11)21(19,20)14-3-2-12(15)10-13(14)16;/h2-3,10-11,17H,4-9H2,1H3;1H. The molecule has 1 N–H and O–H groups in total. The molecule has 8 heteroatoms. The summed E-state index contributed by atoms with van der Waals surface area (Å²) in [6.07, 6.45) is 2.54. The summed E-state index contributed by atoms with van der Waals surface area (Å²) in [5.74, 6) is -1.33. The quantitative estimate of drug-likeness (QED) is 0.883. The molecule has 1 aromatic rings. The minimum atomic E-state index is -3.88. The van der Waals surface area contributed by atoms with E-state index in [1.54, 1.807) is 0 Å². The third-order valence-electron chi connectivity index (χ3n) is 3.89. The Morgan fingerprint density at radius 1 is 1.27 bits per heavy atom. The number of sulfonamides is 1. The van der Waals surface area contributed by atoms with Crippen LogP contribution in [0.25, 0.3) is 0 Å². The van der Waals surface area contributed by atoms with Crippen molar-refractivity contribution >= 4 is 22.4 Å². The van der Waals surface area contributed by atoms with Gasteiger partial charge in [0.2, 0.25) is 10.0 Å². The topological polar surface area (TPSA) is 49.4 Å². The van der Waals surface area contributed by atoms with E-state index in [9.17, 15) is 17.2 Å². The average molecular weight is 355 g/mol. The van der Waals surface area contributed by atoms with Crippen LogP contribution in [0.2, 0.25) is 0 Å². The van der Waals surface area contributed by atoms with Crippen LogP contribution in [0, 0.1) is 17.6 Å². The van der Waals surface area contributed by atoms with Gasteiger partial charge in [-0.2, -0.15) is 4.31 Å². The van der Waals surface area contributed by atoms with Gasteiger partial charge in [0.05, 0.1) is 0 Å². The van der Waals surface area contributed by atoms with Gasteiger partial charge in [-0.15, -0.1) is 12.4 Å². The van der Waals surface area contributed by atoms with Gasteiger partial charge in [-0.1, -0.05) is 0 Å². The highest BCUT2D eigenvalue weighted by atomic mass is 35.5. The number of halogens is 3. The van der Waals surface area contributed by atoms with Gasteiger partial charge in [0.1, 0.15) is 16.5 Å². The van der Waals surface area contributed by atoms with E-state index in [2.05, 4.69) is 5.32 Å². The van der Waals surface area contributed by atoms with E-state index in [1.165, 1.54) is 4.31 Å². The van der Waals surface area contributed by atoms with Crippen LogP contribution in [0.4, 0.5) is 8.78 Å². The minimum Gasteiger partial charge on any atom is -0.320 e. The zero-order chi connectivity index (χ0) is 15.5. The van der Waals surface area contributed by atoms with Gasteiger partial charge in [0, 0.05) is 19.2 Å². The fourth-order valence-corrected chi connectivity index (χ4v) is 4.13. The van der Waals surface area contributed by atoms with Crippen molar-refractivity contribution in [1.82, 2.24) is 9.62 Å². The van der Waals surface area contributed by atoms with Crippen LogP contribution in [0.1, 0.15) is 19.3 Å². The maximum atomic E-state index is 13.7. The van der Waals surface area contributed by atoms with Crippen molar-refractivity contribution in [3.05, 3.63) is 29.8 Å². The van der Waals surface area contributed by atoms with Crippen LogP contribution in [0.15, 0.2) is 23.1 Å². The molecular weight excluding hydrogens is 334 g/mol. The van der Waals surface area contributed by atoms with Crippen molar-refractivity contribution in [3.8, 4) is 0 Å². The highest BCUT2D eigenvalue weighted by molar-refractivity contribution is 7.89. The number of piperidine rings is 1. The molecule has 0 amide bonds. The van der Waals surface area contributed by atoms with Crippen LogP contribution >= 0.6 is 12.4 Å². The van der Waals surface area contributed by atoms with Crippen molar-refractivity contribution in [3.63, 3.8) is 0 Å².